The lowest BCUT2D eigenvalue weighted by atomic mass is 9.91. The smallest absolute Gasteiger partial charge is 0.338 e. The number of nitrogens with one attached hydrogen (secondary N) is 2. The summed E-state index contributed by atoms with van der Waals surface area (Å²) in [5.41, 5.74) is 5.16. The maximum atomic E-state index is 12.6. The summed E-state index contributed by atoms with van der Waals surface area (Å²) in [7, 11) is 1.36. The molecule has 1 unspecified atom stereocenters. The summed E-state index contributed by atoms with van der Waals surface area (Å²) in [6.45, 7) is 5.99. The van der Waals surface area contributed by atoms with Crippen LogP contribution < -0.4 is 10.6 Å². The number of urea groups is 1. The number of hydrogen-bond acceptors (Lipinski definition) is 4. The van der Waals surface area contributed by atoms with Gasteiger partial charge in [0.15, 0.2) is 0 Å². The minimum absolute atomic E-state index is 0.321. The Labute approximate surface area is 169 Å². The molecule has 1 aliphatic rings. The fourth-order valence-electron chi connectivity index (χ4n) is 3.18. The number of benzene rings is 2. The van der Waals surface area contributed by atoms with E-state index in [0.29, 0.717) is 17.0 Å². The molecule has 3 rings (SSSR count). The van der Waals surface area contributed by atoms with Crippen LogP contribution in [-0.2, 0) is 9.53 Å². The molecule has 0 saturated carbocycles. The Kier molecular flexibility index (Phi) is 6.09. The highest BCUT2D eigenvalue weighted by atomic mass is 32.2. The molecule has 6 heteroatoms. The highest BCUT2D eigenvalue weighted by molar-refractivity contribution is 7.99. The number of aryl methyl sites for hydroxylation is 3. The summed E-state index contributed by atoms with van der Waals surface area (Å²) in [5, 5.41) is 5.69. The molecular weight excluding hydrogens is 372 g/mol. The lowest BCUT2D eigenvalue weighted by Crippen LogP contribution is -2.46. The predicted molar refractivity (Wildman–Crippen MR) is 111 cm³/mol. The second kappa shape index (κ2) is 8.52. The van der Waals surface area contributed by atoms with Gasteiger partial charge < -0.3 is 15.4 Å². The summed E-state index contributed by atoms with van der Waals surface area (Å²) >= 11 is 1.57. The van der Waals surface area contributed by atoms with Crippen LogP contribution in [0.5, 0.6) is 0 Å². The highest BCUT2D eigenvalue weighted by Gasteiger charge is 2.34. The van der Waals surface area contributed by atoms with Gasteiger partial charge in [0.1, 0.15) is 0 Å². The van der Waals surface area contributed by atoms with Gasteiger partial charge in [-0.05, 0) is 44.0 Å². The van der Waals surface area contributed by atoms with Crippen molar-refractivity contribution in [2.24, 2.45) is 0 Å². The van der Waals surface area contributed by atoms with Crippen molar-refractivity contribution in [1.29, 1.82) is 0 Å². The Hall–Kier alpha value is -2.73. The van der Waals surface area contributed by atoms with Crippen LogP contribution in [-0.4, -0.2) is 24.9 Å². The van der Waals surface area contributed by atoms with Crippen molar-refractivity contribution in [3.8, 4) is 0 Å². The van der Waals surface area contributed by atoms with E-state index in [1.807, 2.05) is 63.2 Å². The van der Waals surface area contributed by atoms with Crippen LogP contribution in [0.1, 0.15) is 28.3 Å². The first kappa shape index (κ1) is 20.0. The van der Waals surface area contributed by atoms with Crippen molar-refractivity contribution in [3.63, 3.8) is 0 Å². The van der Waals surface area contributed by atoms with Crippen molar-refractivity contribution in [2.45, 2.75) is 31.7 Å². The van der Waals surface area contributed by atoms with Gasteiger partial charge in [-0.15, -0.1) is 11.8 Å². The molecule has 28 heavy (non-hydrogen) atoms. The SMILES string of the molecule is COC(=O)C1=C(CSc2ccc(C)cc2)NC(=O)NC1c1cc(C)ccc1C. The molecule has 0 aliphatic carbocycles. The Bertz CT molecular complexity index is 935. The van der Waals surface area contributed by atoms with Gasteiger partial charge in [0.05, 0.1) is 18.7 Å². The first-order chi connectivity index (χ1) is 13.4. The molecule has 1 heterocycles. The van der Waals surface area contributed by atoms with Crippen molar-refractivity contribution in [3.05, 3.63) is 76.0 Å². The molecule has 146 valence electrons. The number of carbonyl (C=O) groups excluding carboxylic acids is 2. The molecule has 0 saturated heterocycles. The van der Waals surface area contributed by atoms with E-state index < -0.39 is 12.0 Å². The molecule has 5 nitrogen and oxygen atoms in total. The number of hydrogen-bond donors (Lipinski definition) is 2. The average molecular weight is 397 g/mol. The van der Waals surface area contributed by atoms with Gasteiger partial charge >= 0.3 is 12.0 Å². The van der Waals surface area contributed by atoms with E-state index in [9.17, 15) is 9.59 Å². The largest absolute Gasteiger partial charge is 0.466 e. The Morgan fingerprint density at radius 2 is 1.75 bits per heavy atom. The maximum Gasteiger partial charge on any atom is 0.338 e. The van der Waals surface area contributed by atoms with E-state index in [2.05, 4.69) is 10.6 Å². The first-order valence-electron chi connectivity index (χ1n) is 9.04. The van der Waals surface area contributed by atoms with E-state index in [-0.39, 0.29) is 6.03 Å². The number of methoxy groups -OCH3 is 1. The standard InChI is InChI=1S/C22H24N2O3S/c1-13-6-9-16(10-7-13)28-12-18-19(21(25)27-4)20(24-22(26)23-18)17-11-14(2)5-8-15(17)3/h5-11,20H,12H2,1-4H3,(H2,23,24,26). The summed E-state index contributed by atoms with van der Waals surface area (Å²) in [5.74, 6) is 0.0142. The third-order valence-electron chi connectivity index (χ3n) is 4.71. The van der Waals surface area contributed by atoms with Gasteiger partial charge in [-0.3, -0.25) is 0 Å². The zero-order chi connectivity index (χ0) is 20.3. The van der Waals surface area contributed by atoms with Gasteiger partial charge in [0.25, 0.3) is 0 Å². The number of thioether (sulfide) groups is 1. The van der Waals surface area contributed by atoms with E-state index in [1.54, 1.807) is 11.8 Å². The Morgan fingerprint density at radius 1 is 1.07 bits per heavy atom. The molecule has 2 aromatic rings. The Morgan fingerprint density at radius 3 is 2.43 bits per heavy atom. The quantitative estimate of drug-likeness (QED) is 0.588. The van der Waals surface area contributed by atoms with E-state index in [1.165, 1.54) is 12.7 Å². The molecule has 0 bridgehead atoms. The normalized spacial score (nSPS) is 16.4. The monoisotopic (exact) mass is 396 g/mol. The van der Waals surface area contributed by atoms with Crippen molar-refractivity contribution < 1.29 is 14.3 Å². The van der Waals surface area contributed by atoms with Crippen molar-refractivity contribution in [2.75, 3.05) is 12.9 Å². The topological polar surface area (TPSA) is 67.4 Å². The van der Waals surface area contributed by atoms with Gasteiger partial charge in [0.2, 0.25) is 0 Å². The van der Waals surface area contributed by atoms with Crippen molar-refractivity contribution >= 4 is 23.8 Å². The first-order valence-corrected chi connectivity index (χ1v) is 10.0. The molecule has 0 radical (unpaired) electrons. The van der Waals surface area contributed by atoms with E-state index in [0.717, 1.165) is 21.6 Å². The van der Waals surface area contributed by atoms with E-state index in [4.69, 9.17) is 4.74 Å². The molecule has 2 N–H and O–H groups in total. The van der Waals surface area contributed by atoms with E-state index >= 15 is 0 Å². The number of esters is 1. The molecule has 0 spiro atoms. The van der Waals surface area contributed by atoms with Gasteiger partial charge in [-0.25, -0.2) is 9.59 Å². The van der Waals surface area contributed by atoms with Crippen molar-refractivity contribution in [1.82, 2.24) is 10.6 Å². The second-order valence-corrected chi connectivity index (χ2v) is 7.93. The minimum atomic E-state index is -0.547. The fourth-order valence-corrected chi connectivity index (χ4v) is 4.04. The van der Waals surface area contributed by atoms with Crippen LogP contribution in [0.4, 0.5) is 4.79 Å². The number of carbonyl (C=O) groups is 2. The maximum absolute atomic E-state index is 12.6. The molecule has 1 atom stereocenters. The summed E-state index contributed by atoms with van der Waals surface area (Å²) in [6, 6.07) is 13.3. The number of ether oxygens (including phenoxy) is 1. The zero-order valence-electron chi connectivity index (χ0n) is 16.5. The van der Waals surface area contributed by atoms with Gasteiger partial charge in [-0.2, -0.15) is 0 Å². The van der Waals surface area contributed by atoms with Crippen LogP contribution in [0.15, 0.2) is 58.6 Å². The van der Waals surface area contributed by atoms with Crippen LogP contribution in [0.2, 0.25) is 0 Å². The second-order valence-electron chi connectivity index (χ2n) is 6.88. The number of amides is 2. The average Bonchev–Trinajstić information content (AvgIpc) is 2.68. The number of rotatable bonds is 5. The van der Waals surface area contributed by atoms with Crippen LogP contribution in [0.3, 0.4) is 0 Å². The van der Waals surface area contributed by atoms with Gasteiger partial charge in [-0.1, -0.05) is 41.5 Å². The lowest BCUT2D eigenvalue weighted by molar-refractivity contribution is -0.136. The molecule has 1 aliphatic heterocycles. The third kappa shape index (κ3) is 4.39. The van der Waals surface area contributed by atoms with Crippen LogP contribution >= 0.6 is 11.8 Å². The fraction of sp³-hybridized carbons (Fsp3) is 0.273. The summed E-state index contributed by atoms with van der Waals surface area (Å²) in [6.07, 6.45) is 0. The third-order valence-corrected chi connectivity index (χ3v) is 5.75. The zero-order valence-corrected chi connectivity index (χ0v) is 17.3. The highest BCUT2D eigenvalue weighted by Crippen LogP contribution is 2.32. The van der Waals surface area contributed by atoms with Crippen LogP contribution in [0.25, 0.3) is 0 Å². The van der Waals surface area contributed by atoms with Crippen LogP contribution in [0, 0.1) is 20.8 Å². The summed E-state index contributed by atoms with van der Waals surface area (Å²) < 4.78 is 5.05. The minimum Gasteiger partial charge on any atom is -0.466 e. The Balaban J connectivity index is 2.00. The lowest BCUT2D eigenvalue weighted by Gasteiger charge is -2.30. The predicted octanol–water partition coefficient (Wildman–Crippen LogP) is 4.19. The summed E-state index contributed by atoms with van der Waals surface area (Å²) in [4.78, 5) is 26.1. The molecule has 2 aromatic carbocycles. The molecular formula is C22H24N2O3S. The molecule has 0 fully saturated rings. The molecule has 0 aromatic heterocycles. The van der Waals surface area contributed by atoms with Gasteiger partial charge in [0, 0.05) is 16.3 Å². The molecule has 2 amide bonds.